The van der Waals surface area contributed by atoms with Crippen LogP contribution in [0, 0.1) is 0 Å². The minimum absolute atomic E-state index is 0.141. The molecule has 7 nitrogen and oxygen atoms in total. The molecule has 2 aromatic heterocycles. The van der Waals surface area contributed by atoms with Crippen molar-refractivity contribution < 1.29 is 9.26 Å². The van der Waals surface area contributed by atoms with Gasteiger partial charge in [-0.3, -0.25) is 4.90 Å². The normalized spacial score (nSPS) is 17.2. The largest absolute Gasteiger partial charge is 0.497 e. The zero-order valence-corrected chi connectivity index (χ0v) is 15.6. The fourth-order valence-corrected chi connectivity index (χ4v) is 3.46. The number of hydrogen-bond acceptors (Lipinski definition) is 7. The van der Waals surface area contributed by atoms with E-state index in [9.17, 15) is 0 Å². The maximum absolute atomic E-state index is 5.60. The first-order chi connectivity index (χ1) is 13.3. The van der Waals surface area contributed by atoms with Gasteiger partial charge in [-0.15, -0.1) is 0 Å². The predicted molar refractivity (Wildman–Crippen MR) is 102 cm³/mol. The van der Waals surface area contributed by atoms with Crippen molar-refractivity contribution in [3.8, 4) is 17.1 Å². The molecule has 0 aliphatic carbocycles. The van der Waals surface area contributed by atoms with Crippen LogP contribution in [-0.4, -0.2) is 40.7 Å². The van der Waals surface area contributed by atoms with Gasteiger partial charge in [0, 0.05) is 25.4 Å². The van der Waals surface area contributed by atoms with Crippen LogP contribution in [0.15, 0.2) is 47.1 Å². The summed E-state index contributed by atoms with van der Waals surface area (Å²) in [7, 11) is 3.53. The van der Waals surface area contributed by atoms with Crippen LogP contribution in [0.2, 0.25) is 0 Å². The van der Waals surface area contributed by atoms with Crippen molar-refractivity contribution in [1.29, 1.82) is 0 Å². The van der Waals surface area contributed by atoms with Gasteiger partial charge in [0.25, 0.3) is 0 Å². The van der Waals surface area contributed by atoms with Gasteiger partial charge >= 0.3 is 0 Å². The second-order valence-electron chi connectivity index (χ2n) is 6.62. The topological polar surface area (TPSA) is 76.3 Å². The van der Waals surface area contributed by atoms with E-state index in [2.05, 4.69) is 37.5 Å². The van der Waals surface area contributed by atoms with E-state index in [4.69, 9.17) is 9.26 Å². The maximum atomic E-state index is 5.60. The monoisotopic (exact) mass is 365 g/mol. The number of aromatic nitrogens is 3. The number of anilines is 1. The highest BCUT2D eigenvalue weighted by atomic mass is 16.5. The van der Waals surface area contributed by atoms with Crippen LogP contribution in [0.1, 0.15) is 30.3 Å². The highest BCUT2D eigenvalue weighted by molar-refractivity contribution is 5.55. The summed E-state index contributed by atoms with van der Waals surface area (Å²) < 4.78 is 10.9. The number of likely N-dealkylation sites (tertiary alicyclic amines) is 1. The number of rotatable bonds is 6. The molecule has 0 saturated carbocycles. The molecule has 0 spiro atoms. The molecule has 1 aliphatic heterocycles. The second-order valence-corrected chi connectivity index (χ2v) is 6.62. The van der Waals surface area contributed by atoms with E-state index in [1.807, 2.05) is 31.3 Å². The molecule has 1 N–H and O–H groups in total. The van der Waals surface area contributed by atoms with Crippen molar-refractivity contribution in [3.63, 3.8) is 0 Å². The number of methoxy groups -OCH3 is 1. The van der Waals surface area contributed by atoms with Gasteiger partial charge < -0.3 is 14.6 Å². The Morgan fingerprint density at radius 2 is 2.22 bits per heavy atom. The smallest absolute Gasteiger partial charge is 0.244 e. The maximum Gasteiger partial charge on any atom is 0.244 e. The van der Waals surface area contributed by atoms with Gasteiger partial charge in [-0.2, -0.15) is 4.98 Å². The lowest BCUT2D eigenvalue weighted by molar-refractivity contribution is 0.201. The molecule has 4 rings (SSSR count). The van der Waals surface area contributed by atoms with Crippen LogP contribution in [0.3, 0.4) is 0 Å². The minimum Gasteiger partial charge on any atom is -0.497 e. The summed E-state index contributed by atoms with van der Waals surface area (Å²) in [6.45, 7) is 1.84. The SMILES string of the molecule is CNc1ccc(-c2noc(C3CCCN3Cc3cccc(OC)c3)n2)cn1. The third-order valence-electron chi connectivity index (χ3n) is 4.89. The summed E-state index contributed by atoms with van der Waals surface area (Å²) in [4.78, 5) is 11.3. The Morgan fingerprint density at radius 3 is 3.00 bits per heavy atom. The lowest BCUT2D eigenvalue weighted by atomic mass is 10.1. The molecule has 1 atom stereocenters. The number of pyridine rings is 1. The van der Waals surface area contributed by atoms with Gasteiger partial charge in [-0.25, -0.2) is 4.98 Å². The van der Waals surface area contributed by atoms with Crippen molar-refractivity contribution in [2.45, 2.75) is 25.4 Å². The fraction of sp³-hybridized carbons (Fsp3) is 0.350. The summed E-state index contributed by atoms with van der Waals surface area (Å²) in [6, 6.07) is 12.2. The number of benzene rings is 1. The van der Waals surface area contributed by atoms with Crippen molar-refractivity contribution in [1.82, 2.24) is 20.0 Å². The molecule has 140 valence electrons. The van der Waals surface area contributed by atoms with Crippen LogP contribution >= 0.6 is 0 Å². The first-order valence-electron chi connectivity index (χ1n) is 9.11. The molecule has 27 heavy (non-hydrogen) atoms. The summed E-state index contributed by atoms with van der Waals surface area (Å²) in [6.07, 6.45) is 3.89. The van der Waals surface area contributed by atoms with E-state index in [-0.39, 0.29) is 6.04 Å². The number of nitrogens with one attached hydrogen (secondary N) is 1. The molecule has 1 aliphatic rings. The van der Waals surface area contributed by atoms with Gasteiger partial charge in [-0.1, -0.05) is 17.3 Å². The molecule has 0 amide bonds. The molecular weight excluding hydrogens is 342 g/mol. The fourth-order valence-electron chi connectivity index (χ4n) is 3.46. The van der Waals surface area contributed by atoms with Crippen molar-refractivity contribution in [2.24, 2.45) is 0 Å². The standard InChI is InChI=1S/C20H23N5O2/c1-21-18-9-8-15(12-22-18)19-23-20(27-24-19)17-7-4-10-25(17)13-14-5-3-6-16(11-14)26-2/h3,5-6,8-9,11-12,17H,4,7,10,13H2,1-2H3,(H,21,22). The summed E-state index contributed by atoms with van der Waals surface area (Å²) in [5.74, 6) is 2.93. The zero-order valence-electron chi connectivity index (χ0n) is 15.6. The summed E-state index contributed by atoms with van der Waals surface area (Å²) >= 11 is 0. The highest BCUT2D eigenvalue weighted by Gasteiger charge is 2.30. The quantitative estimate of drug-likeness (QED) is 0.716. The third kappa shape index (κ3) is 3.78. The molecule has 1 fully saturated rings. The van der Waals surface area contributed by atoms with Crippen molar-refractivity contribution in [2.75, 3.05) is 26.0 Å². The Labute approximate surface area is 158 Å². The Hall–Kier alpha value is -2.93. The molecule has 1 aromatic carbocycles. The summed E-state index contributed by atoms with van der Waals surface area (Å²) in [5.41, 5.74) is 2.06. The molecule has 3 aromatic rings. The Kier molecular flexibility index (Phi) is 5.02. The van der Waals surface area contributed by atoms with Crippen LogP contribution in [-0.2, 0) is 6.54 Å². The van der Waals surface area contributed by atoms with E-state index in [1.165, 1.54) is 5.56 Å². The second kappa shape index (κ2) is 7.75. The Balaban J connectivity index is 1.51. The first-order valence-corrected chi connectivity index (χ1v) is 9.11. The lowest BCUT2D eigenvalue weighted by Crippen LogP contribution is -2.23. The van der Waals surface area contributed by atoms with Gasteiger partial charge in [-0.05, 0) is 49.2 Å². The minimum atomic E-state index is 0.141. The molecule has 1 saturated heterocycles. The highest BCUT2D eigenvalue weighted by Crippen LogP contribution is 2.33. The van der Waals surface area contributed by atoms with Crippen LogP contribution in [0.5, 0.6) is 5.75 Å². The first kappa shape index (κ1) is 17.5. The molecule has 0 bridgehead atoms. The summed E-state index contributed by atoms with van der Waals surface area (Å²) in [5, 5.41) is 7.16. The van der Waals surface area contributed by atoms with E-state index in [0.29, 0.717) is 11.7 Å². The van der Waals surface area contributed by atoms with E-state index in [0.717, 1.165) is 43.1 Å². The van der Waals surface area contributed by atoms with E-state index >= 15 is 0 Å². The average molecular weight is 365 g/mol. The number of nitrogens with zero attached hydrogens (tertiary/aromatic N) is 4. The van der Waals surface area contributed by atoms with Gasteiger partial charge in [0.15, 0.2) is 0 Å². The average Bonchev–Trinajstić information content (AvgIpc) is 3.37. The molecule has 3 heterocycles. The van der Waals surface area contributed by atoms with Gasteiger partial charge in [0.2, 0.25) is 11.7 Å². The molecule has 1 unspecified atom stereocenters. The van der Waals surface area contributed by atoms with E-state index in [1.54, 1.807) is 13.3 Å². The van der Waals surface area contributed by atoms with Gasteiger partial charge in [0.1, 0.15) is 11.6 Å². The van der Waals surface area contributed by atoms with Crippen LogP contribution < -0.4 is 10.1 Å². The number of ether oxygens (including phenoxy) is 1. The number of hydrogen-bond donors (Lipinski definition) is 1. The third-order valence-corrected chi connectivity index (χ3v) is 4.89. The van der Waals surface area contributed by atoms with Crippen LogP contribution in [0.4, 0.5) is 5.82 Å². The predicted octanol–water partition coefficient (Wildman–Crippen LogP) is 3.52. The van der Waals surface area contributed by atoms with Crippen LogP contribution in [0.25, 0.3) is 11.4 Å². The molecule has 7 heteroatoms. The Bertz CT molecular complexity index is 893. The zero-order chi connectivity index (χ0) is 18.6. The van der Waals surface area contributed by atoms with Crippen molar-refractivity contribution in [3.05, 3.63) is 54.0 Å². The van der Waals surface area contributed by atoms with Crippen molar-refractivity contribution >= 4 is 5.82 Å². The van der Waals surface area contributed by atoms with Gasteiger partial charge in [0.05, 0.1) is 13.2 Å². The molecular formula is C20H23N5O2. The van der Waals surface area contributed by atoms with E-state index < -0.39 is 0 Å². The molecule has 0 radical (unpaired) electrons. The Morgan fingerprint density at radius 1 is 1.30 bits per heavy atom. The lowest BCUT2D eigenvalue weighted by Gasteiger charge is -2.21.